The number of carbonyl (C=O) groups excluding carboxylic acids is 1. The maximum atomic E-state index is 12.7. The van der Waals surface area contributed by atoms with Crippen LogP contribution in [0.5, 0.6) is 0 Å². The Bertz CT molecular complexity index is 1310. The minimum atomic E-state index is -0.292. The molecule has 0 unspecified atom stereocenters. The highest BCUT2D eigenvalue weighted by Gasteiger charge is 2.48. The molecule has 2 aromatic heterocycles. The lowest BCUT2D eigenvalue weighted by atomic mass is 10.1. The van der Waals surface area contributed by atoms with Crippen molar-refractivity contribution in [3.8, 4) is 11.5 Å². The van der Waals surface area contributed by atoms with Gasteiger partial charge in [0, 0.05) is 11.6 Å². The summed E-state index contributed by atoms with van der Waals surface area (Å²) in [5, 5.41) is 11.3. The molecule has 4 aromatic rings. The fourth-order valence-corrected chi connectivity index (χ4v) is 4.56. The van der Waals surface area contributed by atoms with Gasteiger partial charge in [-0.3, -0.25) is 0 Å². The monoisotopic (exact) mass is 457 g/mol. The van der Waals surface area contributed by atoms with E-state index in [-0.39, 0.29) is 30.3 Å². The first-order valence-corrected chi connectivity index (χ1v) is 11.2. The van der Waals surface area contributed by atoms with Crippen LogP contribution in [0.4, 0.5) is 16.4 Å². The number of hydrogen-bond acceptors (Lipinski definition) is 7. The minimum Gasteiger partial charge on any atom is -0.463 e. The number of nitrogens with zero attached hydrogens (tertiary/aromatic N) is 2. The molecule has 2 aliphatic heterocycles. The van der Waals surface area contributed by atoms with Gasteiger partial charge < -0.3 is 29.8 Å². The Morgan fingerprint density at radius 3 is 2.62 bits per heavy atom. The summed E-state index contributed by atoms with van der Waals surface area (Å²) >= 11 is 0. The maximum absolute atomic E-state index is 12.7. The molecule has 2 aliphatic rings. The molecule has 2 fully saturated rings. The van der Waals surface area contributed by atoms with Gasteiger partial charge in [-0.15, -0.1) is 0 Å². The van der Waals surface area contributed by atoms with Gasteiger partial charge in [0.1, 0.15) is 17.9 Å². The molecule has 0 aliphatic carbocycles. The van der Waals surface area contributed by atoms with Gasteiger partial charge >= 0.3 is 6.03 Å². The van der Waals surface area contributed by atoms with Crippen molar-refractivity contribution in [2.75, 3.05) is 23.8 Å². The van der Waals surface area contributed by atoms with Gasteiger partial charge in [0.15, 0.2) is 5.76 Å². The van der Waals surface area contributed by atoms with Gasteiger partial charge in [-0.1, -0.05) is 36.4 Å². The Morgan fingerprint density at radius 1 is 0.912 bits per heavy atom. The number of urea groups is 1. The fourth-order valence-electron chi connectivity index (χ4n) is 4.56. The van der Waals surface area contributed by atoms with Gasteiger partial charge in [-0.05, 0) is 29.7 Å². The molecule has 4 atom stereocenters. The summed E-state index contributed by atoms with van der Waals surface area (Å²) in [5.74, 6) is 1.14. The number of ether oxygens (including phenoxy) is 2. The smallest absolute Gasteiger partial charge is 0.319 e. The standard InChI is InChI=1S/C25H23N5O4/c31-25(29-17-8-3-6-15-5-1-2-7-16(15)17)30-20-14-34-22-19(13-33-23(20)22)28-24-26-11-10-18(27-24)21-9-4-12-32-21/h1-12,19-20,22-23H,13-14H2,(H,26,27,28)(H2,29,30,31)/t19-,20+,22-,23+/m0/s1. The molecule has 4 heterocycles. The van der Waals surface area contributed by atoms with Gasteiger partial charge in [0.2, 0.25) is 5.95 Å². The summed E-state index contributed by atoms with van der Waals surface area (Å²) in [6, 6.07) is 18.5. The van der Waals surface area contributed by atoms with Gasteiger partial charge in [0.05, 0.1) is 37.2 Å². The minimum absolute atomic E-state index is 0.134. The van der Waals surface area contributed by atoms with E-state index >= 15 is 0 Å². The zero-order valence-corrected chi connectivity index (χ0v) is 18.2. The quantitative estimate of drug-likeness (QED) is 0.419. The Kier molecular flexibility index (Phi) is 5.32. The van der Waals surface area contributed by atoms with E-state index < -0.39 is 0 Å². The van der Waals surface area contributed by atoms with E-state index in [0.717, 1.165) is 16.5 Å². The second-order valence-corrected chi connectivity index (χ2v) is 8.32. The number of rotatable bonds is 5. The molecule has 2 saturated heterocycles. The van der Waals surface area contributed by atoms with Crippen LogP contribution < -0.4 is 16.0 Å². The van der Waals surface area contributed by atoms with Crippen LogP contribution in [-0.2, 0) is 9.47 Å². The van der Waals surface area contributed by atoms with E-state index in [2.05, 4.69) is 25.9 Å². The first-order valence-electron chi connectivity index (χ1n) is 11.2. The largest absolute Gasteiger partial charge is 0.463 e. The van der Waals surface area contributed by atoms with E-state index in [1.165, 1.54) is 0 Å². The number of fused-ring (bicyclic) bond motifs is 2. The number of carbonyl (C=O) groups is 1. The zero-order chi connectivity index (χ0) is 22.9. The summed E-state index contributed by atoms with van der Waals surface area (Å²) in [4.78, 5) is 21.6. The first-order chi connectivity index (χ1) is 16.7. The topological polar surface area (TPSA) is 111 Å². The average molecular weight is 457 g/mol. The second kappa shape index (κ2) is 8.77. The SMILES string of the molecule is O=C(Nc1cccc2ccccc12)N[C@@H]1CO[C@@H]2[C@@H]1OC[C@@H]2Nc1nccc(-c2ccco2)n1. The van der Waals surface area contributed by atoms with Crippen molar-refractivity contribution in [3.63, 3.8) is 0 Å². The molecular formula is C25H23N5O4. The molecule has 3 N–H and O–H groups in total. The number of aromatic nitrogens is 2. The number of amides is 2. The number of furan rings is 1. The van der Waals surface area contributed by atoms with Crippen LogP contribution in [0.2, 0.25) is 0 Å². The molecule has 0 saturated carbocycles. The average Bonchev–Trinajstić information content (AvgIpc) is 3.60. The van der Waals surface area contributed by atoms with Crippen molar-refractivity contribution in [1.82, 2.24) is 15.3 Å². The lowest BCUT2D eigenvalue weighted by Crippen LogP contribution is -2.46. The summed E-state index contributed by atoms with van der Waals surface area (Å²) in [6.45, 7) is 0.788. The Labute approximate surface area is 195 Å². The van der Waals surface area contributed by atoms with Crippen LogP contribution in [0.15, 0.2) is 77.5 Å². The van der Waals surface area contributed by atoms with Crippen LogP contribution in [0.25, 0.3) is 22.2 Å². The predicted octanol–water partition coefficient (Wildman–Crippen LogP) is 3.66. The molecule has 0 bridgehead atoms. The van der Waals surface area contributed by atoms with Crippen molar-refractivity contribution >= 4 is 28.4 Å². The number of nitrogens with one attached hydrogen (secondary N) is 3. The molecule has 34 heavy (non-hydrogen) atoms. The summed E-state index contributed by atoms with van der Waals surface area (Å²) in [7, 11) is 0. The molecular weight excluding hydrogens is 434 g/mol. The second-order valence-electron chi connectivity index (χ2n) is 8.32. The highest BCUT2D eigenvalue weighted by molar-refractivity contribution is 6.01. The molecule has 0 spiro atoms. The fraction of sp³-hybridized carbons (Fsp3) is 0.240. The Hall–Kier alpha value is -3.95. The molecule has 2 aromatic carbocycles. The molecule has 0 radical (unpaired) electrons. The van der Waals surface area contributed by atoms with Crippen LogP contribution in [0.1, 0.15) is 0 Å². The van der Waals surface area contributed by atoms with Crippen molar-refractivity contribution < 1.29 is 18.7 Å². The molecule has 2 amide bonds. The summed E-state index contributed by atoms with van der Waals surface area (Å²) in [5.41, 5.74) is 1.45. The maximum Gasteiger partial charge on any atom is 0.319 e. The van der Waals surface area contributed by atoms with Crippen molar-refractivity contribution in [1.29, 1.82) is 0 Å². The first kappa shape index (κ1) is 20.6. The Morgan fingerprint density at radius 2 is 1.74 bits per heavy atom. The van der Waals surface area contributed by atoms with Gasteiger partial charge in [-0.2, -0.15) is 0 Å². The van der Waals surface area contributed by atoms with Crippen molar-refractivity contribution in [3.05, 3.63) is 73.1 Å². The third-order valence-electron chi connectivity index (χ3n) is 6.15. The van der Waals surface area contributed by atoms with Crippen molar-refractivity contribution in [2.45, 2.75) is 24.3 Å². The van der Waals surface area contributed by atoms with Crippen LogP contribution in [0, 0.1) is 0 Å². The van der Waals surface area contributed by atoms with Gasteiger partial charge in [0.25, 0.3) is 0 Å². The van der Waals surface area contributed by atoms with Gasteiger partial charge in [-0.25, -0.2) is 14.8 Å². The van der Waals surface area contributed by atoms with Crippen LogP contribution >= 0.6 is 0 Å². The molecule has 9 heteroatoms. The van der Waals surface area contributed by atoms with Crippen LogP contribution in [-0.4, -0.2) is 53.5 Å². The van der Waals surface area contributed by atoms with Crippen molar-refractivity contribution in [2.24, 2.45) is 0 Å². The summed E-state index contributed by atoms with van der Waals surface area (Å²) < 4.78 is 17.4. The van der Waals surface area contributed by atoms with E-state index in [1.807, 2.05) is 54.6 Å². The molecule has 172 valence electrons. The highest BCUT2D eigenvalue weighted by atomic mass is 16.6. The van der Waals surface area contributed by atoms with E-state index in [1.54, 1.807) is 18.5 Å². The molecule has 6 rings (SSSR count). The predicted molar refractivity (Wildman–Crippen MR) is 127 cm³/mol. The summed E-state index contributed by atoms with van der Waals surface area (Å²) in [6.07, 6.45) is 2.80. The lowest BCUT2D eigenvalue weighted by Gasteiger charge is -2.19. The highest BCUT2D eigenvalue weighted by Crippen LogP contribution is 2.29. The van der Waals surface area contributed by atoms with E-state index in [9.17, 15) is 4.79 Å². The Balaban J connectivity index is 1.09. The molecule has 9 nitrogen and oxygen atoms in total. The van der Waals surface area contributed by atoms with E-state index in [0.29, 0.717) is 30.6 Å². The normalized spacial score (nSPS) is 23.5. The van der Waals surface area contributed by atoms with E-state index in [4.69, 9.17) is 13.9 Å². The number of benzene rings is 2. The lowest BCUT2D eigenvalue weighted by molar-refractivity contribution is 0.0683. The zero-order valence-electron chi connectivity index (χ0n) is 18.2. The number of hydrogen-bond donors (Lipinski definition) is 3. The van der Waals surface area contributed by atoms with Crippen LogP contribution in [0.3, 0.4) is 0 Å². The number of anilines is 2. The third kappa shape index (κ3) is 3.95. The third-order valence-corrected chi connectivity index (χ3v) is 6.15.